The van der Waals surface area contributed by atoms with Crippen molar-refractivity contribution in [3.8, 4) is 0 Å². The maximum atomic E-state index is 3.47. The van der Waals surface area contributed by atoms with Crippen molar-refractivity contribution in [1.82, 2.24) is 5.43 Å². The van der Waals surface area contributed by atoms with Crippen molar-refractivity contribution in [3.05, 3.63) is 108 Å². The van der Waals surface area contributed by atoms with Gasteiger partial charge in [0.25, 0.3) is 0 Å². The van der Waals surface area contributed by atoms with Gasteiger partial charge in [0.2, 0.25) is 0 Å². The molecule has 0 saturated heterocycles. The fourth-order valence-electron chi connectivity index (χ4n) is 3.46. The number of para-hydroxylation sites is 2. The standard InChI is InChI=1S/C24H20N4/c1-3-10-19(11-4-1)25-24-17-22-21-14-8-7-9-18(21)15-16-23(22)28(27-24)26-20-12-5-2-6-13-20/h1-17,25-27H. The van der Waals surface area contributed by atoms with E-state index in [4.69, 9.17) is 0 Å². The van der Waals surface area contributed by atoms with Gasteiger partial charge in [-0.2, -0.15) is 5.12 Å². The normalized spacial score (nSPS) is 12.7. The summed E-state index contributed by atoms with van der Waals surface area (Å²) < 4.78 is 0. The van der Waals surface area contributed by atoms with Gasteiger partial charge in [-0.05, 0) is 47.2 Å². The molecule has 4 aromatic rings. The van der Waals surface area contributed by atoms with Crippen LogP contribution in [-0.4, -0.2) is 0 Å². The summed E-state index contributed by atoms with van der Waals surface area (Å²) in [5, 5.41) is 7.87. The summed E-state index contributed by atoms with van der Waals surface area (Å²) >= 11 is 0. The molecule has 0 aromatic heterocycles. The van der Waals surface area contributed by atoms with Crippen LogP contribution in [0.4, 0.5) is 17.1 Å². The molecule has 1 aliphatic rings. The predicted octanol–water partition coefficient (Wildman–Crippen LogP) is 5.60. The van der Waals surface area contributed by atoms with Crippen molar-refractivity contribution in [3.63, 3.8) is 0 Å². The Morgan fingerprint density at radius 3 is 2.11 bits per heavy atom. The largest absolute Gasteiger partial charge is 0.341 e. The Hall–Kier alpha value is -3.92. The third-order valence-electron chi connectivity index (χ3n) is 4.78. The van der Waals surface area contributed by atoms with Gasteiger partial charge in [0.1, 0.15) is 5.82 Å². The number of hydrazine groups is 2. The summed E-state index contributed by atoms with van der Waals surface area (Å²) in [6, 6.07) is 33.1. The molecule has 4 aromatic carbocycles. The number of rotatable bonds is 4. The van der Waals surface area contributed by atoms with Gasteiger partial charge in [0, 0.05) is 11.3 Å². The molecule has 0 saturated carbocycles. The highest BCUT2D eigenvalue weighted by molar-refractivity contribution is 5.97. The molecule has 0 atom stereocenters. The zero-order valence-electron chi connectivity index (χ0n) is 15.3. The summed E-state index contributed by atoms with van der Waals surface area (Å²) in [4.78, 5) is 0. The van der Waals surface area contributed by atoms with Crippen LogP contribution < -0.4 is 21.3 Å². The highest BCUT2D eigenvalue weighted by atomic mass is 15.7. The molecule has 28 heavy (non-hydrogen) atoms. The summed E-state index contributed by atoms with van der Waals surface area (Å²) in [7, 11) is 0. The molecule has 0 radical (unpaired) electrons. The van der Waals surface area contributed by atoms with Gasteiger partial charge in [0.15, 0.2) is 0 Å². The average molecular weight is 364 g/mol. The van der Waals surface area contributed by atoms with Gasteiger partial charge in [-0.15, -0.1) is 0 Å². The Morgan fingerprint density at radius 2 is 1.32 bits per heavy atom. The fraction of sp³-hybridized carbons (Fsp3) is 0. The number of anilines is 3. The van der Waals surface area contributed by atoms with E-state index in [0.717, 1.165) is 22.9 Å². The van der Waals surface area contributed by atoms with Crippen LogP contribution in [0.5, 0.6) is 0 Å². The first kappa shape index (κ1) is 16.3. The second-order valence-corrected chi connectivity index (χ2v) is 6.69. The maximum absolute atomic E-state index is 3.47. The van der Waals surface area contributed by atoms with Gasteiger partial charge in [0.05, 0.1) is 11.4 Å². The lowest BCUT2D eigenvalue weighted by Crippen LogP contribution is -2.46. The lowest BCUT2D eigenvalue weighted by molar-refractivity contribution is 0.777. The minimum absolute atomic E-state index is 0.901. The van der Waals surface area contributed by atoms with Crippen molar-refractivity contribution in [2.45, 2.75) is 0 Å². The zero-order chi connectivity index (χ0) is 18.8. The van der Waals surface area contributed by atoms with E-state index >= 15 is 0 Å². The monoisotopic (exact) mass is 364 g/mol. The summed E-state index contributed by atoms with van der Waals surface area (Å²) in [5.41, 5.74) is 11.2. The predicted molar refractivity (Wildman–Crippen MR) is 118 cm³/mol. The molecule has 1 aliphatic heterocycles. The molecule has 0 unspecified atom stereocenters. The summed E-state index contributed by atoms with van der Waals surface area (Å²) in [5.74, 6) is 0.901. The van der Waals surface area contributed by atoms with Gasteiger partial charge < -0.3 is 5.32 Å². The molecule has 4 nitrogen and oxygen atoms in total. The van der Waals surface area contributed by atoms with Crippen molar-refractivity contribution >= 4 is 33.9 Å². The molecular weight excluding hydrogens is 344 g/mol. The lowest BCUT2D eigenvalue weighted by Gasteiger charge is -2.34. The van der Waals surface area contributed by atoms with E-state index in [1.54, 1.807) is 0 Å². The third-order valence-corrected chi connectivity index (χ3v) is 4.78. The van der Waals surface area contributed by atoms with E-state index in [9.17, 15) is 0 Å². The highest BCUT2D eigenvalue weighted by Gasteiger charge is 2.20. The molecule has 0 bridgehead atoms. The number of fused-ring (bicyclic) bond motifs is 3. The summed E-state index contributed by atoms with van der Waals surface area (Å²) in [6.07, 6.45) is 2.16. The van der Waals surface area contributed by atoms with Gasteiger partial charge in [-0.25, -0.2) is 0 Å². The van der Waals surface area contributed by atoms with Crippen molar-refractivity contribution < 1.29 is 0 Å². The molecule has 3 N–H and O–H groups in total. The SMILES string of the molecule is C1=C(Nc2ccccc2)NN(Nc2ccccc2)c2ccc3ccccc3c21. The van der Waals surface area contributed by atoms with Crippen molar-refractivity contribution in [2.24, 2.45) is 0 Å². The Morgan fingerprint density at radius 1 is 0.643 bits per heavy atom. The summed E-state index contributed by atoms with van der Waals surface area (Å²) in [6.45, 7) is 0. The van der Waals surface area contributed by atoms with Crippen LogP contribution in [0.2, 0.25) is 0 Å². The second-order valence-electron chi connectivity index (χ2n) is 6.69. The number of benzene rings is 4. The second kappa shape index (κ2) is 7.00. The van der Waals surface area contributed by atoms with E-state index in [1.807, 2.05) is 53.6 Å². The van der Waals surface area contributed by atoms with E-state index in [-0.39, 0.29) is 0 Å². The van der Waals surface area contributed by atoms with Crippen molar-refractivity contribution in [1.29, 1.82) is 0 Å². The molecule has 1 heterocycles. The van der Waals surface area contributed by atoms with Crippen LogP contribution in [0.25, 0.3) is 16.8 Å². The molecule has 136 valence electrons. The van der Waals surface area contributed by atoms with Crippen LogP contribution in [0.15, 0.2) is 103 Å². The van der Waals surface area contributed by atoms with Crippen LogP contribution in [0.3, 0.4) is 0 Å². The number of nitrogens with one attached hydrogen (secondary N) is 3. The van der Waals surface area contributed by atoms with E-state index in [2.05, 4.69) is 70.8 Å². The quantitative estimate of drug-likeness (QED) is 0.441. The van der Waals surface area contributed by atoms with Gasteiger partial charge >= 0.3 is 0 Å². The smallest absolute Gasteiger partial charge is 0.124 e. The molecule has 0 aliphatic carbocycles. The van der Waals surface area contributed by atoms with Gasteiger partial charge in [-0.3, -0.25) is 10.9 Å². The minimum atomic E-state index is 0.901. The Balaban J connectivity index is 1.59. The topological polar surface area (TPSA) is 39.3 Å². The minimum Gasteiger partial charge on any atom is -0.341 e. The lowest BCUT2D eigenvalue weighted by atomic mass is 10.0. The first-order chi connectivity index (χ1) is 13.9. The number of hydrogen-bond donors (Lipinski definition) is 3. The van der Waals surface area contributed by atoms with E-state index in [0.29, 0.717) is 0 Å². The Bertz CT molecular complexity index is 1140. The van der Waals surface area contributed by atoms with Crippen LogP contribution in [0.1, 0.15) is 5.56 Å². The van der Waals surface area contributed by atoms with Crippen molar-refractivity contribution in [2.75, 3.05) is 15.9 Å². The Labute approximate surface area is 164 Å². The molecule has 0 amide bonds. The highest BCUT2D eigenvalue weighted by Crippen LogP contribution is 2.33. The van der Waals surface area contributed by atoms with E-state index < -0.39 is 0 Å². The first-order valence-electron chi connectivity index (χ1n) is 9.31. The molecule has 5 rings (SSSR count). The Kier molecular flexibility index (Phi) is 4.07. The maximum Gasteiger partial charge on any atom is 0.124 e. The molecule has 0 fully saturated rings. The van der Waals surface area contributed by atoms with Crippen LogP contribution >= 0.6 is 0 Å². The van der Waals surface area contributed by atoms with E-state index in [1.165, 1.54) is 16.3 Å². The van der Waals surface area contributed by atoms with Gasteiger partial charge in [-0.1, -0.05) is 66.7 Å². The third kappa shape index (κ3) is 3.12. The van der Waals surface area contributed by atoms with Crippen LogP contribution in [0, 0.1) is 0 Å². The molecule has 4 heteroatoms. The van der Waals surface area contributed by atoms with Crippen LogP contribution in [-0.2, 0) is 0 Å². The molecule has 0 spiro atoms. The first-order valence-corrected chi connectivity index (χ1v) is 9.31. The number of hydrogen-bond acceptors (Lipinski definition) is 4. The zero-order valence-corrected chi connectivity index (χ0v) is 15.3. The number of nitrogens with zero attached hydrogens (tertiary/aromatic N) is 1. The fourth-order valence-corrected chi connectivity index (χ4v) is 3.46. The average Bonchev–Trinajstić information content (AvgIpc) is 2.75. The molecular formula is C24H20N4.